The molecule has 5 N–H and O–H groups in total. The highest BCUT2D eigenvalue weighted by atomic mass is 32.2. The van der Waals surface area contributed by atoms with Gasteiger partial charge in [-0.2, -0.15) is 0 Å². The number of urea groups is 1. The number of halogens is 1. The minimum atomic E-state index is -0.969. The van der Waals surface area contributed by atoms with E-state index < -0.39 is 10.7 Å². The highest BCUT2D eigenvalue weighted by molar-refractivity contribution is 8.05. The van der Waals surface area contributed by atoms with E-state index in [0.29, 0.717) is 43.2 Å². The highest BCUT2D eigenvalue weighted by Gasteiger charge is 2.48. The van der Waals surface area contributed by atoms with Gasteiger partial charge in [-0.05, 0) is 54.7 Å². The van der Waals surface area contributed by atoms with Gasteiger partial charge in [0.2, 0.25) is 5.91 Å². The number of nitrogen functional groups attached to an aromatic ring is 1. The minimum absolute atomic E-state index is 0.262. The van der Waals surface area contributed by atoms with Gasteiger partial charge in [-0.15, -0.1) is 11.8 Å². The standard InChI is InChI=1S/C24H27FN4O2S/c1-14(2)15-3-8-20(26)19(11-15)24(22(27)30)12-16-9-10-29(13-21(16)32-24)23(31)28-18-6-4-17(25)5-7-18/h3-8,11,14H,9-10,12-13,26H2,1-2H3,(H2,27,30)(H,28,31). The molecule has 1 unspecified atom stereocenters. The Kier molecular flexibility index (Phi) is 5.90. The first-order valence-corrected chi connectivity index (χ1v) is 11.4. The molecular weight excluding hydrogens is 427 g/mol. The van der Waals surface area contributed by atoms with Crippen molar-refractivity contribution < 1.29 is 14.0 Å². The van der Waals surface area contributed by atoms with Gasteiger partial charge in [0.15, 0.2) is 0 Å². The summed E-state index contributed by atoms with van der Waals surface area (Å²) in [5.41, 5.74) is 16.3. The Balaban J connectivity index is 1.55. The van der Waals surface area contributed by atoms with Crippen molar-refractivity contribution in [3.05, 3.63) is 69.9 Å². The summed E-state index contributed by atoms with van der Waals surface area (Å²) in [5.74, 6) is -0.493. The number of rotatable bonds is 4. The number of benzene rings is 2. The average molecular weight is 455 g/mol. The second-order valence-corrected chi connectivity index (χ2v) is 10.0. The van der Waals surface area contributed by atoms with Crippen LogP contribution in [0.3, 0.4) is 0 Å². The van der Waals surface area contributed by atoms with E-state index in [4.69, 9.17) is 11.5 Å². The smallest absolute Gasteiger partial charge is 0.322 e. The predicted octanol–water partition coefficient (Wildman–Crippen LogP) is 4.54. The molecule has 3 amide bonds. The number of anilines is 2. The lowest BCUT2D eigenvalue weighted by Gasteiger charge is -2.29. The number of primary amides is 1. The fourth-order valence-corrected chi connectivity index (χ4v) is 5.82. The van der Waals surface area contributed by atoms with Gasteiger partial charge in [0.1, 0.15) is 10.6 Å². The lowest BCUT2D eigenvalue weighted by Crippen LogP contribution is -2.39. The molecule has 6 nitrogen and oxygen atoms in total. The second kappa shape index (κ2) is 8.50. The van der Waals surface area contributed by atoms with Crippen LogP contribution in [-0.2, 0) is 9.54 Å². The Bertz CT molecular complexity index is 1100. The Labute approximate surface area is 191 Å². The first kappa shape index (κ1) is 22.2. The van der Waals surface area contributed by atoms with Crippen LogP contribution in [0.1, 0.15) is 43.7 Å². The molecule has 0 aliphatic carbocycles. The van der Waals surface area contributed by atoms with E-state index in [1.807, 2.05) is 18.2 Å². The molecule has 1 atom stereocenters. The molecule has 0 spiro atoms. The molecule has 2 aliphatic rings. The predicted molar refractivity (Wildman–Crippen MR) is 127 cm³/mol. The molecule has 4 rings (SSSR count). The summed E-state index contributed by atoms with van der Waals surface area (Å²) < 4.78 is 12.2. The van der Waals surface area contributed by atoms with Crippen molar-refractivity contribution in [1.82, 2.24) is 4.90 Å². The van der Waals surface area contributed by atoms with Crippen LogP contribution in [0, 0.1) is 5.82 Å². The second-order valence-electron chi connectivity index (χ2n) is 8.61. The first-order valence-electron chi connectivity index (χ1n) is 10.6. The van der Waals surface area contributed by atoms with Gasteiger partial charge in [0.25, 0.3) is 0 Å². The molecule has 32 heavy (non-hydrogen) atoms. The third-order valence-electron chi connectivity index (χ3n) is 6.13. The summed E-state index contributed by atoms with van der Waals surface area (Å²) in [6, 6.07) is 11.2. The zero-order valence-electron chi connectivity index (χ0n) is 18.2. The average Bonchev–Trinajstić information content (AvgIpc) is 3.15. The number of nitrogens with zero attached hydrogens (tertiary/aromatic N) is 1. The minimum Gasteiger partial charge on any atom is -0.398 e. The Morgan fingerprint density at radius 2 is 1.91 bits per heavy atom. The molecule has 0 fully saturated rings. The third-order valence-corrected chi connectivity index (χ3v) is 7.71. The third kappa shape index (κ3) is 4.07. The maximum Gasteiger partial charge on any atom is 0.322 e. The molecule has 0 aromatic heterocycles. The number of hydrogen-bond donors (Lipinski definition) is 3. The maximum absolute atomic E-state index is 13.1. The number of thioether (sulfide) groups is 1. The molecule has 2 aromatic rings. The summed E-state index contributed by atoms with van der Waals surface area (Å²) >= 11 is 1.42. The van der Waals surface area contributed by atoms with Crippen molar-refractivity contribution in [1.29, 1.82) is 0 Å². The number of carbonyl (C=O) groups is 2. The topological polar surface area (TPSA) is 101 Å². The van der Waals surface area contributed by atoms with E-state index in [2.05, 4.69) is 19.2 Å². The Morgan fingerprint density at radius 1 is 1.19 bits per heavy atom. The molecule has 2 aliphatic heterocycles. The van der Waals surface area contributed by atoms with Crippen molar-refractivity contribution in [3.63, 3.8) is 0 Å². The van der Waals surface area contributed by atoms with E-state index in [1.54, 1.807) is 4.90 Å². The van der Waals surface area contributed by atoms with Crippen LogP contribution < -0.4 is 16.8 Å². The van der Waals surface area contributed by atoms with Gasteiger partial charge in [-0.3, -0.25) is 4.79 Å². The molecule has 0 saturated heterocycles. The quantitative estimate of drug-likeness (QED) is 0.590. The SMILES string of the molecule is CC(C)c1ccc(N)c(C2(C(N)=O)CC3=C(CN(C(=O)Nc4ccc(F)cc4)CC3)S2)c1. The van der Waals surface area contributed by atoms with E-state index in [1.165, 1.54) is 36.0 Å². The fourth-order valence-electron chi connectivity index (χ4n) is 4.22. The lowest BCUT2D eigenvalue weighted by molar-refractivity contribution is -0.120. The van der Waals surface area contributed by atoms with Crippen LogP contribution in [0.15, 0.2) is 52.9 Å². The van der Waals surface area contributed by atoms with Crippen molar-refractivity contribution in [3.8, 4) is 0 Å². The van der Waals surface area contributed by atoms with Gasteiger partial charge in [-0.25, -0.2) is 9.18 Å². The summed E-state index contributed by atoms with van der Waals surface area (Å²) in [6.45, 7) is 5.11. The molecule has 8 heteroatoms. The highest BCUT2D eigenvalue weighted by Crippen LogP contribution is 2.56. The van der Waals surface area contributed by atoms with Gasteiger partial charge in [0, 0.05) is 28.4 Å². The number of nitrogens with two attached hydrogens (primary N) is 2. The van der Waals surface area contributed by atoms with Gasteiger partial charge in [0.05, 0.1) is 6.54 Å². The monoisotopic (exact) mass is 454 g/mol. The van der Waals surface area contributed by atoms with Crippen molar-refractivity contribution >= 4 is 35.1 Å². The van der Waals surface area contributed by atoms with Crippen molar-refractivity contribution in [2.24, 2.45) is 5.73 Å². The van der Waals surface area contributed by atoms with Gasteiger partial charge < -0.3 is 21.7 Å². The maximum atomic E-state index is 13.1. The molecule has 0 bridgehead atoms. The zero-order valence-corrected chi connectivity index (χ0v) is 19.0. The Morgan fingerprint density at radius 3 is 2.56 bits per heavy atom. The van der Waals surface area contributed by atoms with E-state index in [0.717, 1.165) is 21.6 Å². The number of hydrogen-bond acceptors (Lipinski definition) is 4. The van der Waals surface area contributed by atoms with Crippen LogP contribution >= 0.6 is 11.8 Å². The Hall–Kier alpha value is -3.00. The van der Waals surface area contributed by atoms with Crippen LogP contribution in [0.5, 0.6) is 0 Å². The molecule has 2 heterocycles. The molecule has 0 radical (unpaired) electrons. The van der Waals surface area contributed by atoms with Crippen LogP contribution in [-0.4, -0.2) is 29.9 Å². The summed E-state index contributed by atoms with van der Waals surface area (Å²) in [7, 11) is 0. The van der Waals surface area contributed by atoms with E-state index >= 15 is 0 Å². The van der Waals surface area contributed by atoms with Crippen LogP contribution in [0.2, 0.25) is 0 Å². The van der Waals surface area contributed by atoms with Gasteiger partial charge in [-0.1, -0.05) is 31.6 Å². The van der Waals surface area contributed by atoms with E-state index in [9.17, 15) is 14.0 Å². The summed E-state index contributed by atoms with van der Waals surface area (Å²) in [5, 5.41) is 2.80. The zero-order chi connectivity index (χ0) is 23.0. The number of nitrogens with one attached hydrogen (secondary N) is 1. The largest absolute Gasteiger partial charge is 0.398 e. The van der Waals surface area contributed by atoms with Gasteiger partial charge >= 0.3 is 6.03 Å². The molecular formula is C24H27FN4O2S. The molecule has 168 valence electrons. The first-order chi connectivity index (χ1) is 15.2. The molecule has 0 saturated carbocycles. The normalized spacial score (nSPS) is 20.4. The summed E-state index contributed by atoms with van der Waals surface area (Å²) in [4.78, 5) is 28.2. The van der Waals surface area contributed by atoms with Crippen molar-refractivity contribution in [2.45, 2.75) is 37.4 Å². The fraction of sp³-hybridized carbons (Fsp3) is 0.333. The number of carbonyl (C=O) groups excluding carboxylic acids is 2. The van der Waals surface area contributed by atoms with Crippen LogP contribution in [0.4, 0.5) is 20.6 Å². The van der Waals surface area contributed by atoms with Crippen LogP contribution in [0.25, 0.3) is 0 Å². The lowest BCUT2D eigenvalue weighted by atomic mass is 9.85. The van der Waals surface area contributed by atoms with Crippen molar-refractivity contribution in [2.75, 3.05) is 24.1 Å². The summed E-state index contributed by atoms with van der Waals surface area (Å²) in [6.07, 6.45) is 1.17. The molecule has 2 aromatic carbocycles. The van der Waals surface area contributed by atoms with E-state index in [-0.39, 0.29) is 11.8 Å². The number of amides is 3.